The molecule has 0 bridgehead atoms. The second kappa shape index (κ2) is 4.47. The van der Waals surface area contributed by atoms with Crippen LogP contribution in [0.2, 0.25) is 0 Å². The third-order valence-electron chi connectivity index (χ3n) is 2.27. The molecule has 0 aromatic carbocycles. The molecule has 1 rings (SSSR count). The Labute approximate surface area is 74.5 Å². The molecule has 1 saturated carbocycles. The monoisotopic (exact) mass is 167 g/mol. The minimum absolute atomic E-state index is 0.238. The van der Waals surface area contributed by atoms with Crippen molar-refractivity contribution in [3.05, 3.63) is 0 Å². The first-order valence-corrected chi connectivity index (χ1v) is 4.77. The lowest BCUT2D eigenvalue weighted by Gasteiger charge is -2.26. The van der Waals surface area contributed by atoms with E-state index in [0.717, 1.165) is 25.7 Å². The summed E-state index contributed by atoms with van der Waals surface area (Å²) in [6.07, 6.45) is 4.92. The SMILES string of the molecule is CC(C)OC1CCC[C@H](C#N)C1. The Morgan fingerprint density at radius 3 is 2.75 bits per heavy atom. The lowest BCUT2D eigenvalue weighted by atomic mass is 9.88. The highest BCUT2D eigenvalue weighted by atomic mass is 16.5. The highest BCUT2D eigenvalue weighted by molar-refractivity contribution is 4.88. The standard InChI is InChI=1S/C10H17NO/c1-8(2)12-10-5-3-4-9(6-10)7-11/h8-10H,3-6H2,1-2H3/t9-,10?/m0/s1. The lowest BCUT2D eigenvalue weighted by Crippen LogP contribution is -2.24. The molecule has 0 heterocycles. The first-order chi connectivity index (χ1) is 5.72. The Morgan fingerprint density at radius 1 is 1.42 bits per heavy atom. The van der Waals surface area contributed by atoms with Crippen molar-refractivity contribution in [1.82, 2.24) is 0 Å². The molecule has 0 saturated heterocycles. The Bertz CT molecular complexity index is 171. The Balaban J connectivity index is 2.32. The molecular weight excluding hydrogens is 150 g/mol. The van der Waals surface area contributed by atoms with E-state index < -0.39 is 0 Å². The molecule has 1 fully saturated rings. The van der Waals surface area contributed by atoms with Crippen LogP contribution in [0.1, 0.15) is 39.5 Å². The molecule has 0 aromatic rings. The van der Waals surface area contributed by atoms with E-state index >= 15 is 0 Å². The van der Waals surface area contributed by atoms with Crippen molar-refractivity contribution in [2.75, 3.05) is 0 Å². The quantitative estimate of drug-likeness (QED) is 0.633. The zero-order chi connectivity index (χ0) is 8.97. The molecule has 2 atom stereocenters. The average molecular weight is 167 g/mol. The molecule has 0 N–H and O–H groups in total. The molecule has 1 aliphatic carbocycles. The molecule has 0 aromatic heterocycles. The number of ether oxygens (including phenoxy) is 1. The molecule has 0 radical (unpaired) electrons. The number of hydrogen-bond acceptors (Lipinski definition) is 2. The van der Waals surface area contributed by atoms with Gasteiger partial charge in [-0.1, -0.05) is 0 Å². The third-order valence-corrected chi connectivity index (χ3v) is 2.27. The number of nitrogens with zero attached hydrogens (tertiary/aromatic N) is 1. The number of hydrogen-bond donors (Lipinski definition) is 0. The molecule has 0 spiro atoms. The lowest BCUT2D eigenvalue weighted by molar-refractivity contribution is -0.0184. The second-order valence-electron chi connectivity index (χ2n) is 3.80. The van der Waals surface area contributed by atoms with Crippen LogP contribution in [-0.4, -0.2) is 12.2 Å². The van der Waals surface area contributed by atoms with Gasteiger partial charge in [0.05, 0.1) is 18.3 Å². The van der Waals surface area contributed by atoms with Crippen LogP contribution in [0.15, 0.2) is 0 Å². The first kappa shape index (κ1) is 9.54. The summed E-state index contributed by atoms with van der Waals surface area (Å²) >= 11 is 0. The van der Waals surface area contributed by atoms with E-state index in [9.17, 15) is 0 Å². The third kappa shape index (κ3) is 2.83. The maximum atomic E-state index is 8.74. The molecule has 1 unspecified atom stereocenters. The van der Waals surface area contributed by atoms with E-state index in [0.29, 0.717) is 12.2 Å². The van der Waals surface area contributed by atoms with Gasteiger partial charge in [0.15, 0.2) is 0 Å². The molecule has 12 heavy (non-hydrogen) atoms. The van der Waals surface area contributed by atoms with Gasteiger partial charge in [0, 0.05) is 5.92 Å². The van der Waals surface area contributed by atoms with Gasteiger partial charge in [-0.05, 0) is 39.5 Å². The number of rotatable bonds is 2. The summed E-state index contributed by atoms with van der Waals surface area (Å²) in [5, 5.41) is 8.74. The largest absolute Gasteiger partial charge is 0.376 e. The smallest absolute Gasteiger partial charge is 0.0656 e. The van der Waals surface area contributed by atoms with Crippen LogP contribution in [0, 0.1) is 17.2 Å². The van der Waals surface area contributed by atoms with E-state index in [4.69, 9.17) is 10.00 Å². The van der Waals surface area contributed by atoms with Crippen LogP contribution in [0.5, 0.6) is 0 Å². The van der Waals surface area contributed by atoms with Crippen molar-refractivity contribution < 1.29 is 4.74 Å². The van der Waals surface area contributed by atoms with Gasteiger partial charge < -0.3 is 4.74 Å². The minimum Gasteiger partial charge on any atom is -0.376 e. The van der Waals surface area contributed by atoms with E-state index in [1.165, 1.54) is 0 Å². The van der Waals surface area contributed by atoms with Crippen molar-refractivity contribution in [1.29, 1.82) is 5.26 Å². The highest BCUT2D eigenvalue weighted by Crippen LogP contribution is 2.26. The molecule has 1 aliphatic rings. The van der Waals surface area contributed by atoms with Crippen molar-refractivity contribution in [2.45, 2.75) is 51.7 Å². The van der Waals surface area contributed by atoms with Gasteiger partial charge in [0.2, 0.25) is 0 Å². The van der Waals surface area contributed by atoms with Gasteiger partial charge >= 0.3 is 0 Å². The topological polar surface area (TPSA) is 33.0 Å². The van der Waals surface area contributed by atoms with Crippen LogP contribution in [0.3, 0.4) is 0 Å². The van der Waals surface area contributed by atoms with Crippen LogP contribution in [0.25, 0.3) is 0 Å². The van der Waals surface area contributed by atoms with Gasteiger partial charge in [0.25, 0.3) is 0 Å². The maximum absolute atomic E-state index is 8.74. The summed E-state index contributed by atoms with van der Waals surface area (Å²) in [7, 11) is 0. The van der Waals surface area contributed by atoms with Crippen molar-refractivity contribution in [2.24, 2.45) is 5.92 Å². The zero-order valence-corrected chi connectivity index (χ0v) is 7.92. The Kier molecular flexibility index (Phi) is 3.55. The van der Waals surface area contributed by atoms with Crippen LogP contribution in [0.4, 0.5) is 0 Å². The first-order valence-electron chi connectivity index (χ1n) is 4.77. The summed E-state index contributed by atoms with van der Waals surface area (Å²) < 4.78 is 5.67. The van der Waals surface area contributed by atoms with Crippen molar-refractivity contribution >= 4 is 0 Å². The second-order valence-corrected chi connectivity index (χ2v) is 3.80. The van der Waals surface area contributed by atoms with Crippen LogP contribution < -0.4 is 0 Å². The predicted octanol–water partition coefficient (Wildman–Crippen LogP) is 2.49. The fraction of sp³-hybridized carbons (Fsp3) is 0.900. The van der Waals surface area contributed by atoms with Gasteiger partial charge in [-0.15, -0.1) is 0 Å². The van der Waals surface area contributed by atoms with Gasteiger partial charge in [-0.25, -0.2) is 0 Å². The minimum atomic E-state index is 0.238. The summed E-state index contributed by atoms with van der Waals surface area (Å²) in [5.41, 5.74) is 0. The van der Waals surface area contributed by atoms with Gasteiger partial charge in [-0.3, -0.25) is 0 Å². The Morgan fingerprint density at radius 2 is 2.17 bits per heavy atom. The van der Waals surface area contributed by atoms with Crippen molar-refractivity contribution in [3.8, 4) is 6.07 Å². The summed E-state index contributed by atoms with van der Waals surface area (Å²) in [5.74, 6) is 0.238. The fourth-order valence-corrected chi connectivity index (χ4v) is 1.77. The normalized spacial score (nSPS) is 30.2. The molecule has 2 heteroatoms. The maximum Gasteiger partial charge on any atom is 0.0656 e. The molecule has 68 valence electrons. The van der Waals surface area contributed by atoms with E-state index in [1.807, 2.05) is 0 Å². The molecule has 0 amide bonds. The average Bonchev–Trinajstić information content (AvgIpc) is 2.03. The van der Waals surface area contributed by atoms with Crippen LogP contribution in [-0.2, 0) is 4.74 Å². The molecular formula is C10H17NO. The Hall–Kier alpha value is -0.550. The predicted molar refractivity (Wildman–Crippen MR) is 47.6 cm³/mol. The molecule has 2 nitrogen and oxygen atoms in total. The summed E-state index contributed by atoms with van der Waals surface area (Å²) in [4.78, 5) is 0. The summed E-state index contributed by atoms with van der Waals surface area (Å²) in [6.45, 7) is 4.10. The fourth-order valence-electron chi connectivity index (χ4n) is 1.77. The van der Waals surface area contributed by atoms with Gasteiger partial charge in [-0.2, -0.15) is 5.26 Å². The highest BCUT2D eigenvalue weighted by Gasteiger charge is 2.22. The number of nitriles is 1. The summed E-state index contributed by atoms with van der Waals surface area (Å²) in [6, 6.07) is 2.33. The van der Waals surface area contributed by atoms with Gasteiger partial charge in [0.1, 0.15) is 0 Å². The zero-order valence-electron chi connectivity index (χ0n) is 7.92. The van der Waals surface area contributed by atoms with Crippen LogP contribution >= 0.6 is 0 Å². The van der Waals surface area contributed by atoms with Crippen molar-refractivity contribution in [3.63, 3.8) is 0 Å². The van der Waals surface area contributed by atoms with E-state index in [-0.39, 0.29) is 5.92 Å². The van der Waals surface area contributed by atoms with E-state index in [1.54, 1.807) is 0 Å². The van der Waals surface area contributed by atoms with E-state index in [2.05, 4.69) is 19.9 Å². The molecule has 0 aliphatic heterocycles.